The van der Waals surface area contributed by atoms with Gasteiger partial charge in [0.2, 0.25) is 5.91 Å². The summed E-state index contributed by atoms with van der Waals surface area (Å²) in [7, 11) is -3.07. The van der Waals surface area contributed by atoms with Crippen LogP contribution in [0.15, 0.2) is 53.0 Å². The van der Waals surface area contributed by atoms with Crippen LogP contribution in [-0.2, 0) is 25.2 Å². The minimum absolute atomic E-state index is 0.215. The zero-order valence-electron chi connectivity index (χ0n) is 20.4. The van der Waals surface area contributed by atoms with Crippen LogP contribution in [0.4, 0.5) is 11.4 Å². The van der Waals surface area contributed by atoms with Crippen LogP contribution in [0.5, 0.6) is 0 Å². The molecule has 11 heteroatoms. The number of anilines is 2. The van der Waals surface area contributed by atoms with Gasteiger partial charge in [-0.25, -0.2) is 4.57 Å². The monoisotopic (exact) mass is 513 g/mol. The summed E-state index contributed by atoms with van der Waals surface area (Å²) in [6, 6.07) is 12.8. The van der Waals surface area contributed by atoms with Gasteiger partial charge >= 0.3 is 7.82 Å². The molecular formula is C25H28N3O7P. The minimum atomic E-state index is -4.77. The number of rotatable bonds is 7. The van der Waals surface area contributed by atoms with Gasteiger partial charge in [-0.3, -0.25) is 19.0 Å². The molecule has 10 nitrogen and oxygen atoms in total. The van der Waals surface area contributed by atoms with Crippen molar-refractivity contribution in [2.24, 2.45) is 0 Å². The van der Waals surface area contributed by atoms with E-state index in [0.717, 1.165) is 22.3 Å². The molecule has 1 aromatic heterocycles. The highest BCUT2D eigenvalue weighted by molar-refractivity contribution is 7.46. The molecule has 2 heterocycles. The number of nitrogens with zero attached hydrogens (tertiary/aromatic N) is 2. The highest BCUT2D eigenvalue weighted by Gasteiger charge is 2.39. The Morgan fingerprint density at radius 3 is 2.67 bits per heavy atom. The number of hydrogen-bond acceptors (Lipinski definition) is 6. The number of para-hydroxylation sites is 1. The number of likely N-dealkylation sites (N-methyl/N-ethyl adjacent to an activating group) is 1. The molecule has 0 aliphatic carbocycles. The molecule has 0 saturated heterocycles. The van der Waals surface area contributed by atoms with Crippen molar-refractivity contribution in [3.05, 3.63) is 65.4 Å². The van der Waals surface area contributed by atoms with Crippen LogP contribution >= 0.6 is 7.82 Å². The highest BCUT2D eigenvalue weighted by Crippen LogP contribution is 2.40. The van der Waals surface area contributed by atoms with Crippen molar-refractivity contribution in [1.82, 2.24) is 4.90 Å². The van der Waals surface area contributed by atoms with Crippen molar-refractivity contribution in [1.29, 1.82) is 0 Å². The molecule has 4 rings (SSSR count). The van der Waals surface area contributed by atoms with E-state index in [1.807, 2.05) is 31.2 Å². The van der Waals surface area contributed by atoms with Crippen LogP contribution in [-0.4, -0.2) is 45.8 Å². The smallest absolute Gasteiger partial charge is 0.459 e. The van der Waals surface area contributed by atoms with E-state index < -0.39 is 26.0 Å². The van der Waals surface area contributed by atoms with Gasteiger partial charge in [-0.05, 0) is 50.6 Å². The SMILES string of the molecule is Cc1c(CN(C)C(=O)C=Cc2ccc3c(c2)NC(C)(C)C(=O)N3COP(=O)(O)O)oc2ccccc12. The molecule has 2 aromatic carbocycles. The van der Waals surface area contributed by atoms with Crippen molar-refractivity contribution in [2.75, 3.05) is 24.0 Å². The summed E-state index contributed by atoms with van der Waals surface area (Å²) >= 11 is 0. The predicted molar refractivity (Wildman–Crippen MR) is 136 cm³/mol. The largest absolute Gasteiger partial charge is 0.471 e. The van der Waals surface area contributed by atoms with Gasteiger partial charge in [0.15, 0.2) is 0 Å². The second kappa shape index (κ2) is 9.55. The second-order valence-electron chi connectivity index (χ2n) is 9.18. The zero-order valence-corrected chi connectivity index (χ0v) is 21.3. The molecule has 1 aliphatic heterocycles. The van der Waals surface area contributed by atoms with Crippen LogP contribution in [0.3, 0.4) is 0 Å². The molecule has 0 fully saturated rings. The number of benzene rings is 2. The molecule has 3 aromatic rings. The molecule has 0 atom stereocenters. The van der Waals surface area contributed by atoms with E-state index in [4.69, 9.17) is 14.2 Å². The molecule has 2 amide bonds. The Hall–Kier alpha value is -3.43. The van der Waals surface area contributed by atoms with E-state index in [2.05, 4.69) is 9.84 Å². The van der Waals surface area contributed by atoms with E-state index in [-0.39, 0.29) is 5.91 Å². The van der Waals surface area contributed by atoms with E-state index in [1.54, 1.807) is 50.1 Å². The van der Waals surface area contributed by atoms with Crippen molar-refractivity contribution in [3.63, 3.8) is 0 Å². The maximum atomic E-state index is 12.8. The predicted octanol–water partition coefficient (Wildman–Crippen LogP) is 4.02. The molecule has 1 aliphatic rings. The quantitative estimate of drug-likeness (QED) is 0.319. The molecular weight excluding hydrogens is 485 g/mol. The van der Waals surface area contributed by atoms with Crippen molar-refractivity contribution >= 4 is 48.1 Å². The van der Waals surface area contributed by atoms with Crippen LogP contribution < -0.4 is 10.2 Å². The average Bonchev–Trinajstić information content (AvgIpc) is 3.12. The lowest BCUT2D eigenvalue weighted by atomic mass is 9.97. The molecule has 0 spiro atoms. The van der Waals surface area contributed by atoms with E-state index in [9.17, 15) is 14.2 Å². The number of carbonyl (C=O) groups excluding carboxylic acids is 2. The number of phosphoric ester groups is 1. The third-order valence-electron chi connectivity index (χ3n) is 6.01. The molecule has 36 heavy (non-hydrogen) atoms. The van der Waals surface area contributed by atoms with Gasteiger partial charge < -0.3 is 24.4 Å². The number of phosphoric acid groups is 1. The maximum absolute atomic E-state index is 12.8. The molecule has 0 unspecified atom stereocenters. The fraction of sp³-hybridized carbons (Fsp3) is 0.280. The number of carbonyl (C=O) groups is 2. The van der Waals surface area contributed by atoms with Crippen molar-refractivity contribution in [2.45, 2.75) is 32.9 Å². The number of amides is 2. The Labute approximate surface area is 208 Å². The van der Waals surface area contributed by atoms with Gasteiger partial charge in [-0.1, -0.05) is 24.3 Å². The number of nitrogens with one attached hydrogen (secondary N) is 1. The Morgan fingerprint density at radius 1 is 1.25 bits per heavy atom. The summed E-state index contributed by atoms with van der Waals surface area (Å²) < 4.78 is 21.6. The summed E-state index contributed by atoms with van der Waals surface area (Å²) in [5.41, 5.74) is 2.42. The first-order chi connectivity index (χ1) is 16.9. The lowest BCUT2D eigenvalue weighted by Crippen LogP contribution is -2.54. The van der Waals surface area contributed by atoms with Gasteiger partial charge in [0, 0.05) is 24.1 Å². The summed E-state index contributed by atoms with van der Waals surface area (Å²) in [5, 5.41) is 4.15. The molecule has 0 radical (unpaired) electrons. The van der Waals surface area contributed by atoms with E-state index in [0.29, 0.717) is 23.5 Å². The Bertz CT molecular complexity index is 1410. The average molecular weight is 513 g/mol. The van der Waals surface area contributed by atoms with E-state index >= 15 is 0 Å². The summed E-state index contributed by atoms with van der Waals surface area (Å²) in [4.78, 5) is 46.4. The van der Waals surface area contributed by atoms with Crippen LogP contribution in [0.2, 0.25) is 0 Å². The Balaban J connectivity index is 1.50. The number of aryl methyl sites for hydroxylation is 1. The van der Waals surface area contributed by atoms with Crippen molar-refractivity contribution in [3.8, 4) is 0 Å². The third-order valence-corrected chi connectivity index (χ3v) is 6.46. The topological polar surface area (TPSA) is 133 Å². The molecule has 3 N–H and O–H groups in total. The fourth-order valence-electron chi connectivity index (χ4n) is 4.05. The van der Waals surface area contributed by atoms with E-state index in [1.165, 1.54) is 11.0 Å². The number of fused-ring (bicyclic) bond motifs is 2. The van der Waals surface area contributed by atoms with Gasteiger partial charge in [0.05, 0.1) is 17.9 Å². The van der Waals surface area contributed by atoms with Crippen molar-refractivity contribution < 1.29 is 32.9 Å². The Morgan fingerprint density at radius 2 is 1.97 bits per heavy atom. The zero-order chi connectivity index (χ0) is 26.3. The first-order valence-corrected chi connectivity index (χ1v) is 12.7. The van der Waals surface area contributed by atoms with Gasteiger partial charge in [0.25, 0.3) is 5.91 Å². The molecule has 0 bridgehead atoms. The molecule has 190 valence electrons. The first kappa shape index (κ1) is 25.7. The first-order valence-electron chi connectivity index (χ1n) is 11.2. The number of furan rings is 1. The van der Waals surface area contributed by atoms with Gasteiger partial charge in [0.1, 0.15) is 23.6 Å². The summed E-state index contributed by atoms with van der Waals surface area (Å²) in [6.45, 7) is 5.00. The van der Waals surface area contributed by atoms with Crippen LogP contribution in [0.25, 0.3) is 17.0 Å². The van der Waals surface area contributed by atoms with Gasteiger partial charge in [-0.15, -0.1) is 0 Å². The summed E-state index contributed by atoms with van der Waals surface area (Å²) in [5.74, 6) is 0.111. The minimum Gasteiger partial charge on any atom is -0.459 e. The second-order valence-corrected chi connectivity index (χ2v) is 10.4. The lowest BCUT2D eigenvalue weighted by molar-refractivity contribution is -0.125. The number of hydrogen-bond donors (Lipinski definition) is 3. The van der Waals surface area contributed by atoms with Crippen LogP contribution in [0, 0.1) is 6.92 Å². The standard InChI is InChI=1S/C25H28N3O7P/c1-16-18-7-5-6-8-21(18)35-22(16)14-27(4)23(29)12-10-17-9-11-20-19(13-17)26-25(2,3)24(30)28(20)15-34-36(31,32)33/h5-13,26H,14-15H2,1-4H3,(H2,31,32,33). The maximum Gasteiger partial charge on any atom is 0.471 e. The van der Waals surface area contributed by atoms with Crippen LogP contribution in [0.1, 0.15) is 30.7 Å². The fourth-order valence-corrected chi connectivity index (χ4v) is 4.32. The Kier molecular flexibility index (Phi) is 6.81. The lowest BCUT2D eigenvalue weighted by Gasteiger charge is -2.39. The summed E-state index contributed by atoms with van der Waals surface area (Å²) in [6.07, 6.45) is 3.11. The third kappa shape index (κ3) is 5.37. The van der Waals surface area contributed by atoms with Gasteiger partial charge in [-0.2, -0.15) is 0 Å². The highest BCUT2D eigenvalue weighted by atomic mass is 31.2. The molecule has 0 saturated carbocycles. The normalized spacial score (nSPS) is 15.3.